The fourth-order valence-corrected chi connectivity index (χ4v) is 2.73. The Balaban J connectivity index is 0.000000945. The zero-order valence-corrected chi connectivity index (χ0v) is 19.1. The van der Waals surface area contributed by atoms with Gasteiger partial charge in [0, 0.05) is 13.0 Å². The van der Waals surface area contributed by atoms with Gasteiger partial charge in [0.15, 0.2) is 11.4 Å². The number of ether oxygens (including phenoxy) is 2. The molecule has 0 aliphatic rings. The number of amides is 1. The monoisotopic (exact) mass is 466 g/mol. The normalized spacial score (nSPS) is 9.85. The summed E-state index contributed by atoms with van der Waals surface area (Å²) >= 11 is 0. The van der Waals surface area contributed by atoms with Crippen LogP contribution in [-0.4, -0.2) is 39.6 Å². The van der Waals surface area contributed by atoms with Gasteiger partial charge < -0.3 is 25.0 Å². The molecule has 2 aromatic carbocycles. The van der Waals surface area contributed by atoms with Gasteiger partial charge in [-0.1, -0.05) is 48.0 Å². The highest BCUT2D eigenvalue weighted by Gasteiger charge is 2.16. The molecular formula is C25H26N2O7. The standard InChI is InChI=1S/C23H22N2O5.C2H4O2/c1-15-8-9-20(16(2)10-15)30-18-11-19(26)22(24-12-18)23(28)25-13-21(27)29-14-17-6-4-3-5-7-17;1-2(3)4/h3-12,26H,13-14H2,1-2H3,(H,25,28);1H3,(H,3,4). The van der Waals surface area contributed by atoms with Crippen LogP contribution in [-0.2, 0) is 20.9 Å². The Hall–Kier alpha value is -4.40. The van der Waals surface area contributed by atoms with Gasteiger partial charge in [0.25, 0.3) is 11.9 Å². The van der Waals surface area contributed by atoms with Crippen LogP contribution in [0.1, 0.15) is 34.1 Å². The van der Waals surface area contributed by atoms with Crippen LogP contribution in [0.4, 0.5) is 0 Å². The van der Waals surface area contributed by atoms with E-state index in [1.165, 1.54) is 12.3 Å². The molecule has 0 unspecified atom stereocenters. The molecule has 0 aliphatic carbocycles. The fraction of sp³-hybridized carbons (Fsp3) is 0.200. The highest BCUT2D eigenvalue weighted by molar-refractivity contribution is 5.96. The number of carbonyl (C=O) groups excluding carboxylic acids is 2. The Morgan fingerprint density at radius 1 is 1.03 bits per heavy atom. The predicted octanol–water partition coefficient (Wildman–Crippen LogP) is 3.76. The number of hydrogen-bond acceptors (Lipinski definition) is 7. The number of rotatable bonds is 7. The van der Waals surface area contributed by atoms with Gasteiger partial charge in [-0.2, -0.15) is 0 Å². The molecule has 9 nitrogen and oxygen atoms in total. The molecule has 3 aromatic rings. The molecule has 0 spiro atoms. The molecule has 178 valence electrons. The van der Waals surface area contributed by atoms with Gasteiger partial charge in [0.05, 0.1) is 6.20 Å². The van der Waals surface area contributed by atoms with Crippen molar-refractivity contribution >= 4 is 17.8 Å². The summed E-state index contributed by atoms with van der Waals surface area (Å²) in [7, 11) is 0. The largest absolute Gasteiger partial charge is 0.505 e. The first-order chi connectivity index (χ1) is 16.2. The smallest absolute Gasteiger partial charge is 0.325 e. The number of pyridine rings is 1. The van der Waals surface area contributed by atoms with E-state index >= 15 is 0 Å². The number of esters is 1. The van der Waals surface area contributed by atoms with E-state index in [-0.39, 0.29) is 24.6 Å². The summed E-state index contributed by atoms with van der Waals surface area (Å²) in [4.78, 5) is 37.0. The number of nitrogens with one attached hydrogen (secondary N) is 1. The van der Waals surface area contributed by atoms with Crippen LogP contribution in [0.3, 0.4) is 0 Å². The van der Waals surface area contributed by atoms with Crippen molar-refractivity contribution in [1.29, 1.82) is 0 Å². The average molecular weight is 466 g/mol. The third kappa shape index (κ3) is 8.62. The third-order valence-electron chi connectivity index (χ3n) is 4.25. The maximum Gasteiger partial charge on any atom is 0.325 e. The van der Waals surface area contributed by atoms with E-state index < -0.39 is 17.8 Å². The van der Waals surface area contributed by atoms with E-state index in [1.807, 2.05) is 62.4 Å². The first kappa shape index (κ1) is 25.9. The van der Waals surface area contributed by atoms with E-state index in [4.69, 9.17) is 19.4 Å². The Bertz CT molecular complexity index is 1140. The summed E-state index contributed by atoms with van der Waals surface area (Å²) in [6.45, 7) is 4.75. The molecule has 0 fully saturated rings. The first-order valence-electron chi connectivity index (χ1n) is 10.3. The van der Waals surface area contributed by atoms with Crippen molar-refractivity contribution < 1.29 is 34.1 Å². The van der Waals surface area contributed by atoms with Crippen molar-refractivity contribution in [3.63, 3.8) is 0 Å². The predicted molar refractivity (Wildman–Crippen MR) is 124 cm³/mol. The highest BCUT2D eigenvalue weighted by atomic mass is 16.5. The van der Waals surface area contributed by atoms with Crippen LogP contribution in [0.25, 0.3) is 0 Å². The number of carboxylic acid groups (broad SMARTS) is 1. The SMILES string of the molecule is CC(=O)O.Cc1ccc(Oc2cnc(C(=O)NCC(=O)OCc3ccccc3)c(O)c2)c(C)c1. The Labute approximate surface area is 197 Å². The van der Waals surface area contributed by atoms with Crippen LogP contribution in [0, 0.1) is 13.8 Å². The van der Waals surface area contributed by atoms with E-state index in [9.17, 15) is 14.7 Å². The average Bonchev–Trinajstić information content (AvgIpc) is 2.78. The number of carboxylic acids is 1. The molecule has 34 heavy (non-hydrogen) atoms. The second-order valence-electron chi connectivity index (χ2n) is 7.26. The molecule has 0 saturated heterocycles. The van der Waals surface area contributed by atoms with Gasteiger partial charge in [0.2, 0.25) is 0 Å². The number of benzene rings is 2. The molecule has 0 aliphatic heterocycles. The quantitative estimate of drug-likeness (QED) is 0.448. The number of aromatic nitrogens is 1. The second kappa shape index (κ2) is 12.6. The minimum atomic E-state index is -0.833. The van der Waals surface area contributed by atoms with E-state index in [0.717, 1.165) is 23.6 Å². The molecule has 1 aromatic heterocycles. The summed E-state index contributed by atoms with van der Waals surface area (Å²) in [6.07, 6.45) is 1.33. The topological polar surface area (TPSA) is 135 Å². The zero-order valence-electron chi connectivity index (χ0n) is 19.1. The lowest BCUT2D eigenvalue weighted by Crippen LogP contribution is -2.31. The molecule has 0 atom stereocenters. The van der Waals surface area contributed by atoms with Crippen molar-refractivity contribution in [1.82, 2.24) is 10.3 Å². The molecule has 3 rings (SSSR count). The lowest BCUT2D eigenvalue weighted by molar-refractivity contribution is -0.143. The molecule has 0 bridgehead atoms. The highest BCUT2D eigenvalue weighted by Crippen LogP contribution is 2.28. The molecule has 0 saturated carbocycles. The van der Waals surface area contributed by atoms with E-state index in [1.54, 1.807) is 0 Å². The fourth-order valence-electron chi connectivity index (χ4n) is 2.73. The number of aromatic hydroxyl groups is 1. The molecular weight excluding hydrogens is 440 g/mol. The number of aliphatic carboxylic acids is 1. The number of nitrogens with zero attached hydrogens (tertiary/aromatic N) is 1. The third-order valence-corrected chi connectivity index (χ3v) is 4.25. The Morgan fingerprint density at radius 3 is 2.32 bits per heavy atom. The summed E-state index contributed by atoms with van der Waals surface area (Å²) in [5.74, 6) is -1.56. The van der Waals surface area contributed by atoms with Crippen LogP contribution >= 0.6 is 0 Å². The van der Waals surface area contributed by atoms with Crippen molar-refractivity contribution in [2.24, 2.45) is 0 Å². The van der Waals surface area contributed by atoms with Gasteiger partial charge in [-0.25, -0.2) is 4.98 Å². The summed E-state index contributed by atoms with van der Waals surface area (Å²) in [6, 6.07) is 16.2. The lowest BCUT2D eigenvalue weighted by Gasteiger charge is -2.11. The molecule has 3 N–H and O–H groups in total. The number of aryl methyl sites for hydroxylation is 2. The van der Waals surface area contributed by atoms with Crippen LogP contribution in [0.5, 0.6) is 17.2 Å². The van der Waals surface area contributed by atoms with Crippen molar-refractivity contribution in [3.05, 3.63) is 83.2 Å². The van der Waals surface area contributed by atoms with Crippen molar-refractivity contribution in [2.45, 2.75) is 27.4 Å². The maximum atomic E-state index is 12.2. The van der Waals surface area contributed by atoms with Gasteiger partial charge >= 0.3 is 5.97 Å². The summed E-state index contributed by atoms with van der Waals surface area (Å²) < 4.78 is 10.8. The summed E-state index contributed by atoms with van der Waals surface area (Å²) in [5.41, 5.74) is 2.68. The van der Waals surface area contributed by atoms with Gasteiger partial charge in [-0.05, 0) is 31.0 Å². The van der Waals surface area contributed by atoms with Gasteiger partial charge in [-0.15, -0.1) is 0 Å². The van der Waals surface area contributed by atoms with E-state index in [2.05, 4.69) is 10.3 Å². The van der Waals surface area contributed by atoms with E-state index in [0.29, 0.717) is 11.5 Å². The maximum absolute atomic E-state index is 12.2. The first-order valence-corrected chi connectivity index (χ1v) is 10.3. The van der Waals surface area contributed by atoms with Crippen LogP contribution in [0.15, 0.2) is 60.8 Å². The Morgan fingerprint density at radius 2 is 1.71 bits per heavy atom. The van der Waals surface area contributed by atoms with Gasteiger partial charge in [-0.3, -0.25) is 14.4 Å². The second-order valence-corrected chi connectivity index (χ2v) is 7.26. The molecule has 0 radical (unpaired) electrons. The molecule has 1 heterocycles. The van der Waals surface area contributed by atoms with Crippen molar-refractivity contribution in [2.75, 3.05) is 6.54 Å². The Kier molecular flexibility index (Phi) is 9.57. The van der Waals surface area contributed by atoms with Crippen molar-refractivity contribution in [3.8, 4) is 17.2 Å². The van der Waals surface area contributed by atoms with Crippen LogP contribution in [0.2, 0.25) is 0 Å². The minimum absolute atomic E-state index is 0.115. The number of hydrogen-bond donors (Lipinski definition) is 3. The lowest BCUT2D eigenvalue weighted by atomic mass is 10.1. The zero-order chi connectivity index (χ0) is 25.1. The van der Waals surface area contributed by atoms with Crippen LogP contribution < -0.4 is 10.1 Å². The number of carbonyl (C=O) groups is 3. The molecule has 9 heteroatoms. The minimum Gasteiger partial charge on any atom is -0.505 e. The van der Waals surface area contributed by atoms with Gasteiger partial charge in [0.1, 0.15) is 24.7 Å². The molecule has 1 amide bonds. The summed E-state index contributed by atoms with van der Waals surface area (Å²) in [5, 5.41) is 20.0.